The van der Waals surface area contributed by atoms with E-state index < -0.39 is 12.9 Å². The molecule has 0 heterocycles. The maximum Gasteiger partial charge on any atom is 0.357 e. The van der Waals surface area contributed by atoms with Gasteiger partial charge in [-0.3, -0.25) is 14.6 Å². The van der Waals surface area contributed by atoms with Crippen molar-refractivity contribution in [3.8, 4) is 0 Å². The molecule has 7 nitrogen and oxygen atoms in total. The normalized spacial score (nSPS) is 17.8. The third kappa shape index (κ3) is 3.87. The summed E-state index contributed by atoms with van der Waals surface area (Å²) >= 11 is 0. The number of ketones is 1. The summed E-state index contributed by atoms with van der Waals surface area (Å²) in [5, 5.41) is 19.3. The molecular weight excluding hydrogens is 309 g/mol. The highest BCUT2D eigenvalue weighted by Gasteiger charge is 2.47. The summed E-state index contributed by atoms with van der Waals surface area (Å²) < 4.78 is 23.3. The summed E-state index contributed by atoms with van der Waals surface area (Å²) in [6.45, 7) is 6.65. The molecule has 0 spiro atoms. The van der Waals surface area contributed by atoms with E-state index in [0.29, 0.717) is 5.06 Å². The van der Waals surface area contributed by atoms with Gasteiger partial charge in [0, 0.05) is 17.8 Å². The smallest absolute Gasteiger partial charge is 0.357 e. The number of carbonyl (C=O) groups is 1. The van der Waals surface area contributed by atoms with Crippen LogP contribution in [0.2, 0.25) is 0 Å². The first-order valence-corrected chi connectivity index (χ1v) is 8.44. The van der Waals surface area contributed by atoms with Gasteiger partial charge in [-0.2, -0.15) is 0 Å². The molecule has 0 unspecified atom stereocenters. The van der Waals surface area contributed by atoms with Gasteiger partial charge in [0.15, 0.2) is 11.1 Å². The van der Waals surface area contributed by atoms with Gasteiger partial charge >= 0.3 is 7.60 Å². The molecule has 0 aromatic carbocycles. The molecule has 0 aromatic rings. The number of hydrogen-bond donors (Lipinski definition) is 2. The second-order valence-corrected chi connectivity index (χ2v) is 7.63. The number of allylic oxidation sites excluding steroid dienone is 3. The average Bonchev–Trinajstić information content (AvgIpc) is 2.42. The number of aliphatic hydroxyl groups is 1. The van der Waals surface area contributed by atoms with Gasteiger partial charge < -0.3 is 14.2 Å². The zero-order valence-corrected chi connectivity index (χ0v) is 14.0. The van der Waals surface area contributed by atoms with E-state index in [0.717, 1.165) is 6.08 Å². The Labute approximate surface area is 130 Å². The van der Waals surface area contributed by atoms with Gasteiger partial charge in [-0.25, -0.2) is 5.06 Å². The molecule has 22 heavy (non-hydrogen) atoms. The molecule has 0 saturated carbocycles. The van der Waals surface area contributed by atoms with Crippen molar-refractivity contribution in [2.75, 3.05) is 13.2 Å². The summed E-state index contributed by atoms with van der Waals surface area (Å²) in [5.74, 6) is -0.641. The van der Waals surface area contributed by atoms with E-state index in [9.17, 15) is 19.7 Å². The molecular formula is C14H22NO6P. The third-order valence-electron chi connectivity index (χ3n) is 3.09. The standard InChI is InChI=1S/C14H22NO6P/c1-5-20-22(19,21-6-2)14(3,4)15(18)10-11-7-8-12(16)9-13(11)17/h7-10,17-18H,5-6H2,1-4H3/b11-10+. The van der Waals surface area contributed by atoms with E-state index in [-0.39, 0.29) is 30.3 Å². The highest BCUT2D eigenvalue weighted by Crippen LogP contribution is 2.60. The number of carbonyl (C=O) groups excluding carboxylic acids is 1. The van der Waals surface area contributed by atoms with Crippen molar-refractivity contribution in [3.63, 3.8) is 0 Å². The first-order valence-electron chi connectivity index (χ1n) is 6.90. The van der Waals surface area contributed by atoms with Gasteiger partial charge in [0.25, 0.3) is 0 Å². The topological polar surface area (TPSA) is 96.3 Å². The molecule has 0 radical (unpaired) electrons. The molecule has 1 rings (SSSR count). The maximum absolute atomic E-state index is 12.8. The second kappa shape index (κ2) is 7.24. The van der Waals surface area contributed by atoms with Crippen LogP contribution in [0.1, 0.15) is 27.7 Å². The van der Waals surface area contributed by atoms with Crippen LogP contribution in [0, 0.1) is 0 Å². The minimum atomic E-state index is -3.64. The molecule has 124 valence electrons. The number of rotatable bonds is 7. The van der Waals surface area contributed by atoms with E-state index in [1.54, 1.807) is 13.8 Å². The number of nitrogens with zero attached hydrogens (tertiary/aromatic N) is 1. The van der Waals surface area contributed by atoms with Crippen LogP contribution in [0.4, 0.5) is 0 Å². The Morgan fingerprint density at radius 2 is 1.82 bits per heavy atom. The first-order chi connectivity index (χ1) is 10.2. The maximum atomic E-state index is 12.8. The molecule has 0 amide bonds. The van der Waals surface area contributed by atoms with Gasteiger partial charge in [0.1, 0.15) is 5.76 Å². The van der Waals surface area contributed by atoms with Crippen molar-refractivity contribution in [3.05, 3.63) is 35.8 Å². The SMILES string of the molecule is CCOP(=O)(OCC)C(C)(C)N(O)/C=C1\C=CC(=O)C=C1O. The molecule has 0 bridgehead atoms. The largest absolute Gasteiger partial charge is 0.507 e. The Morgan fingerprint density at radius 3 is 2.27 bits per heavy atom. The van der Waals surface area contributed by atoms with Crippen molar-refractivity contribution < 1.29 is 28.7 Å². The van der Waals surface area contributed by atoms with Crippen LogP contribution in [0.15, 0.2) is 35.8 Å². The number of aliphatic hydroxyl groups excluding tert-OH is 1. The van der Waals surface area contributed by atoms with Gasteiger partial charge in [0.2, 0.25) is 0 Å². The van der Waals surface area contributed by atoms with Crippen molar-refractivity contribution >= 4 is 13.4 Å². The fourth-order valence-electron chi connectivity index (χ4n) is 1.74. The molecule has 8 heteroatoms. The van der Waals surface area contributed by atoms with Crippen LogP contribution in [0.5, 0.6) is 0 Å². The fraction of sp³-hybridized carbons (Fsp3) is 0.500. The number of hydrogen-bond acceptors (Lipinski definition) is 7. The minimum Gasteiger partial charge on any atom is -0.507 e. The van der Waals surface area contributed by atoms with E-state index in [1.165, 1.54) is 32.2 Å². The summed E-state index contributed by atoms with van der Waals surface area (Å²) in [7, 11) is -3.64. The van der Waals surface area contributed by atoms with Crippen molar-refractivity contribution in [2.45, 2.75) is 33.0 Å². The lowest BCUT2D eigenvalue weighted by Crippen LogP contribution is -2.39. The van der Waals surface area contributed by atoms with Crippen molar-refractivity contribution in [2.24, 2.45) is 0 Å². The van der Waals surface area contributed by atoms with Crippen LogP contribution in [0.25, 0.3) is 0 Å². The van der Waals surface area contributed by atoms with Gasteiger partial charge in [-0.15, -0.1) is 0 Å². The predicted molar refractivity (Wildman–Crippen MR) is 81.5 cm³/mol. The van der Waals surface area contributed by atoms with E-state index in [2.05, 4.69) is 0 Å². The Balaban J connectivity index is 3.11. The molecule has 2 N–H and O–H groups in total. The molecule has 0 aliphatic heterocycles. The van der Waals surface area contributed by atoms with Crippen molar-refractivity contribution in [1.82, 2.24) is 5.06 Å². The predicted octanol–water partition coefficient (Wildman–Crippen LogP) is 3.14. The van der Waals surface area contributed by atoms with Gasteiger partial charge in [-0.05, 0) is 39.8 Å². The van der Waals surface area contributed by atoms with Crippen LogP contribution >= 0.6 is 7.60 Å². The molecule has 0 atom stereocenters. The van der Waals surface area contributed by atoms with E-state index in [4.69, 9.17) is 9.05 Å². The Morgan fingerprint density at radius 1 is 1.27 bits per heavy atom. The molecule has 0 aromatic heterocycles. The zero-order valence-electron chi connectivity index (χ0n) is 13.1. The van der Waals surface area contributed by atoms with Crippen LogP contribution in [0.3, 0.4) is 0 Å². The molecule has 1 aliphatic rings. The Bertz CT molecular complexity index is 554. The first kappa shape index (κ1) is 18.6. The lowest BCUT2D eigenvalue weighted by atomic mass is 10.1. The second-order valence-electron chi connectivity index (χ2n) is 5.02. The zero-order chi connectivity index (χ0) is 17.0. The lowest BCUT2D eigenvalue weighted by molar-refractivity contribution is -0.110. The highest BCUT2D eigenvalue weighted by molar-refractivity contribution is 7.55. The average molecular weight is 331 g/mol. The van der Waals surface area contributed by atoms with Gasteiger partial charge in [0.05, 0.1) is 13.2 Å². The summed E-state index contributed by atoms with van der Waals surface area (Å²) in [4.78, 5) is 11.1. The van der Waals surface area contributed by atoms with E-state index >= 15 is 0 Å². The molecule has 0 fully saturated rings. The third-order valence-corrected chi connectivity index (χ3v) is 5.83. The molecule has 1 aliphatic carbocycles. The monoisotopic (exact) mass is 331 g/mol. The highest BCUT2D eigenvalue weighted by atomic mass is 31.2. The Hall–Kier alpha value is -1.40. The minimum absolute atomic E-state index is 0.157. The van der Waals surface area contributed by atoms with Crippen LogP contribution in [-0.4, -0.2) is 39.7 Å². The quantitative estimate of drug-likeness (QED) is 0.546. The molecule has 0 saturated heterocycles. The van der Waals surface area contributed by atoms with Crippen LogP contribution < -0.4 is 0 Å². The van der Waals surface area contributed by atoms with Crippen LogP contribution in [-0.2, 0) is 18.4 Å². The van der Waals surface area contributed by atoms with Crippen molar-refractivity contribution in [1.29, 1.82) is 0 Å². The van der Waals surface area contributed by atoms with Gasteiger partial charge in [-0.1, -0.05) is 0 Å². The number of hydroxylamine groups is 2. The summed E-state index contributed by atoms with van der Waals surface area (Å²) in [5.41, 5.74) is 0.203. The fourth-order valence-corrected chi connectivity index (χ4v) is 3.44. The Kier molecular flexibility index (Phi) is 6.14. The summed E-state index contributed by atoms with van der Waals surface area (Å²) in [6.07, 6.45) is 4.79. The van der Waals surface area contributed by atoms with E-state index in [1.807, 2.05) is 0 Å². The summed E-state index contributed by atoms with van der Waals surface area (Å²) in [6, 6.07) is 0. The lowest BCUT2D eigenvalue weighted by Gasteiger charge is -2.37.